The first-order valence-corrected chi connectivity index (χ1v) is 24.2. The molecule has 3 aromatic rings. The number of carbonyl (C=O) groups excluding carboxylic acids is 7. The highest BCUT2D eigenvalue weighted by molar-refractivity contribution is 6.01. The van der Waals surface area contributed by atoms with Crippen molar-refractivity contribution in [3.8, 4) is 5.75 Å². The third-order valence-corrected chi connectivity index (χ3v) is 16.2. The average molecular weight is 933 g/mol. The number of hydrogen-bond acceptors (Lipinski definition) is 9. The molecule has 0 bridgehead atoms. The van der Waals surface area contributed by atoms with E-state index in [4.69, 9.17) is 10.5 Å². The molecular formula is C53H68N6O9. The second kappa shape index (κ2) is 20.1. The second-order valence-electron chi connectivity index (χ2n) is 20.8. The van der Waals surface area contributed by atoms with E-state index in [0.29, 0.717) is 49.2 Å². The maximum absolute atomic E-state index is 14.6. The first-order chi connectivity index (χ1) is 32.2. The third kappa shape index (κ3) is 10.4. The summed E-state index contributed by atoms with van der Waals surface area (Å²) in [7, 11) is 0. The zero-order valence-corrected chi connectivity index (χ0v) is 40.1. The van der Waals surface area contributed by atoms with Crippen molar-refractivity contribution < 1.29 is 43.4 Å². The summed E-state index contributed by atoms with van der Waals surface area (Å²) in [5, 5.41) is 24.1. The summed E-state index contributed by atoms with van der Waals surface area (Å²) in [6, 6.07) is 17.5. The van der Waals surface area contributed by atoms with Crippen molar-refractivity contribution in [3.05, 3.63) is 88.5 Å². The van der Waals surface area contributed by atoms with Crippen LogP contribution in [-0.2, 0) is 59.0 Å². The number of aryl methyl sites for hydroxylation is 2. The van der Waals surface area contributed by atoms with E-state index in [1.165, 1.54) is 18.1 Å². The molecule has 15 nitrogen and oxygen atoms in total. The molecule has 364 valence electrons. The Morgan fingerprint density at radius 2 is 1.31 bits per heavy atom. The molecule has 0 radical (unpaired) electrons. The number of imide groups is 1. The van der Waals surface area contributed by atoms with E-state index in [0.717, 1.165) is 62.5 Å². The van der Waals surface area contributed by atoms with Gasteiger partial charge in [0, 0.05) is 30.3 Å². The van der Waals surface area contributed by atoms with E-state index in [1.54, 1.807) is 30.3 Å². The molecule has 4 aliphatic carbocycles. The van der Waals surface area contributed by atoms with Crippen molar-refractivity contribution in [2.75, 3.05) is 23.7 Å². The first-order valence-electron chi connectivity index (χ1n) is 24.2. The minimum atomic E-state index is -0.796. The molecule has 3 aromatic carbocycles. The number of hydrogen-bond donors (Lipinski definition) is 7. The summed E-state index contributed by atoms with van der Waals surface area (Å²) >= 11 is 0. The van der Waals surface area contributed by atoms with Gasteiger partial charge in [-0.3, -0.25) is 24.5 Å². The number of carbonyl (C=O) groups is 7. The molecule has 0 heterocycles. The van der Waals surface area contributed by atoms with Crippen molar-refractivity contribution in [1.82, 2.24) is 16.0 Å². The van der Waals surface area contributed by atoms with Crippen molar-refractivity contribution >= 4 is 52.9 Å². The Morgan fingerprint density at radius 1 is 0.735 bits per heavy atom. The monoisotopic (exact) mass is 933 g/mol. The van der Waals surface area contributed by atoms with Gasteiger partial charge >= 0.3 is 12.1 Å². The Bertz CT molecular complexity index is 2460. The Morgan fingerprint density at radius 3 is 1.90 bits per heavy atom. The van der Waals surface area contributed by atoms with Gasteiger partial charge in [0.25, 0.3) is 0 Å². The lowest BCUT2D eigenvalue weighted by atomic mass is 9.49. The summed E-state index contributed by atoms with van der Waals surface area (Å²) in [5.41, 5.74) is 9.19. The lowest BCUT2D eigenvalue weighted by Gasteiger charge is -2.56. The lowest BCUT2D eigenvalue weighted by Crippen LogP contribution is -2.60. The molecule has 0 spiro atoms. The number of ketones is 1. The Kier molecular flexibility index (Phi) is 14.7. The van der Waals surface area contributed by atoms with Crippen LogP contribution < -0.4 is 32.3 Å². The largest absolute Gasteiger partial charge is 0.508 e. The van der Waals surface area contributed by atoms with Crippen LogP contribution in [0.2, 0.25) is 0 Å². The van der Waals surface area contributed by atoms with Gasteiger partial charge in [-0.15, -0.1) is 0 Å². The van der Waals surface area contributed by atoms with Gasteiger partial charge in [-0.2, -0.15) is 0 Å². The van der Waals surface area contributed by atoms with Gasteiger partial charge in [-0.25, -0.2) is 9.59 Å². The maximum atomic E-state index is 14.6. The van der Waals surface area contributed by atoms with E-state index in [1.807, 2.05) is 44.2 Å². The quantitative estimate of drug-likeness (QED) is 0.0586. The van der Waals surface area contributed by atoms with Gasteiger partial charge in [-0.1, -0.05) is 64.8 Å². The van der Waals surface area contributed by atoms with Gasteiger partial charge in [0.1, 0.15) is 24.7 Å². The fourth-order valence-electron chi connectivity index (χ4n) is 12.6. The van der Waals surface area contributed by atoms with Gasteiger partial charge in [0.2, 0.25) is 23.6 Å². The number of nitrogens with two attached hydrogens (primary N) is 1. The number of benzene rings is 3. The van der Waals surface area contributed by atoms with E-state index in [-0.39, 0.29) is 71.5 Å². The number of ether oxygens (including phenoxy) is 1. The van der Waals surface area contributed by atoms with Gasteiger partial charge in [0.05, 0.1) is 10.8 Å². The molecule has 68 heavy (non-hydrogen) atoms. The molecule has 4 aliphatic rings. The third-order valence-electron chi connectivity index (χ3n) is 16.2. The number of fused-ring (bicyclic) bond motifs is 6. The summed E-state index contributed by atoms with van der Waals surface area (Å²) in [6.45, 7) is 9.78. The van der Waals surface area contributed by atoms with Crippen LogP contribution in [0.25, 0.3) is 0 Å². The highest BCUT2D eigenvalue weighted by atomic mass is 16.5. The number of amides is 7. The highest BCUT2D eigenvalue weighted by Gasteiger charge is 2.58. The molecule has 15 heteroatoms. The normalized spacial score (nSPS) is 26.2. The summed E-state index contributed by atoms with van der Waals surface area (Å²) < 4.78 is 5.34. The number of alkyl carbamates (subject to hydrolysis) is 1. The number of Topliss-reactive ketones (excluding diaryl/α,β-unsaturated/α-hetero) is 1. The fourth-order valence-corrected chi connectivity index (χ4v) is 12.6. The van der Waals surface area contributed by atoms with Crippen molar-refractivity contribution in [3.63, 3.8) is 0 Å². The van der Waals surface area contributed by atoms with Crippen LogP contribution >= 0.6 is 0 Å². The molecule has 7 atom stereocenters. The molecule has 0 saturated heterocycles. The number of aromatic hydroxyl groups is 1. The Labute approximate surface area is 398 Å². The SMILES string of the molecule is CC(=O)C[C@@H](CCCNC(N)=O)C(=O)Nc1ccc(COC(=O)NCC(=O)Nc2ccc3c(c2)[C@@]2(C)CCC[C@](C)(C(=O)NC(=O)[C@@]4(C)CCC[C@]5(C)c6cc(O)ccc6CC[C@@H]45)[C@@H]2CC3)cc1. The Hall–Kier alpha value is -6.25. The predicted octanol–water partition coefficient (Wildman–Crippen LogP) is 7.60. The zero-order chi connectivity index (χ0) is 49.0. The zero-order valence-electron chi connectivity index (χ0n) is 40.1. The van der Waals surface area contributed by atoms with Crippen molar-refractivity contribution in [1.29, 1.82) is 0 Å². The van der Waals surface area contributed by atoms with Crippen LogP contribution in [0.1, 0.15) is 133 Å². The summed E-state index contributed by atoms with van der Waals surface area (Å²) in [6.07, 6.45) is 8.16. The number of phenols is 1. The number of anilines is 2. The van der Waals surface area contributed by atoms with Crippen molar-refractivity contribution in [2.45, 2.75) is 136 Å². The first kappa shape index (κ1) is 49.6. The maximum Gasteiger partial charge on any atom is 0.407 e. The van der Waals surface area contributed by atoms with Crippen LogP contribution in [0, 0.1) is 28.6 Å². The second-order valence-corrected chi connectivity index (χ2v) is 20.8. The molecule has 7 amide bonds. The average Bonchev–Trinajstić information content (AvgIpc) is 3.29. The molecule has 0 aliphatic heterocycles. The number of urea groups is 1. The van der Waals surface area contributed by atoms with Crippen LogP contribution in [0.15, 0.2) is 60.7 Å². The smallest absolute Gasteiger partial charge is 0.407 e. The lowest BCUT2D eigenvalue weighted by molar-refractivity contribution is -0.150. The van der Waals surface area contributed by atoms with Gasteiger partial charge < -0.3 is 41.6 Å². The number of rotatable bonds is 15. The predicted molar refractivity (Wildman–Crippen MR) is 257 cm³/mol. The summed E-state index contributed by atoms with van der Waals surface area (Å²) in [4.78, 5) is 90.5. The molecule has 7 rings (SSSR count). The number of phenolic OH excluding ortho intramolecular Hbond substituents is 1. The molecule has 2 fully saturated rings. The Balaban J connectivity index is 0.916. The standard InChI is InChI=1S/C53H68N6O9/c1-32(60)27-36(9-6-26-55-48(54)66)45(63)58-37-16-10-33(11-17-37)31-68-49(67)56-30-44(62)57-38-18-12-34-14-20-42-50(2,40(34)28-38)22-7-24-52(42,4)46(64)59-47(65)53(5)25-8-23-51(3)41-29-39(61)19-13-35(41)15-21-43(51)53/h10-13,16-19,28-29,36,42-43,61H,6-9,14-15,20-27,30-31H2,1-5H3,(H,56,67)(H,57,62)(H,58,63)(H3,54,55,66)(H,59,64,65)/t36-,42-,43-,50-,51-,52+,53+/m1/s1. The number of nitrogens with one attached hydrogen (secondary N) is 5. The molecule has 0 aromatic heterocycles. The summed E-state index contributed by atoms with van der Waals surface area (Å²) in [5.74, 6) is -1.67. The van der Waals surface area contributed by atoms with Gasteiger partial charge in [0.15, 0.2) is 0 Å². The van der Waals surface area contributed by atoms with E-state index < -0.39 is 34.8 Å². The highest BCUT2D eigenvalue weighted by Crippen LogP contribution is 2.60. The van der Waals surface area contributed by atoms with E-state index >= 15 is 0 Å². The van der Waals surface area contributed by atoms with E-state index in [9.17, 15) is 38.7 Å². The van der Waals surface area contributed by atoms with Crippen LogP contribution in [0.5, 0.6) is 5.75 Å². The minimum absolute atomic E-state index is 0.0251. The molecular weight excluding hydrogens is 865 g/mol. The fraction of sp³-hybridized carbons (Fsp3) is 0.528. The minimum Gasteiger partial charge on any atom is -0.508 e. The molecule has 2 saturated carbocycles. The van der Waals surface area contributed by atoms with Crippen LogP contribution in [0.3, 0.4) is 0 Å². The van der Waals surface area contributed by atoms with Crippen LogP contribution in [0.4, 0.5) is 21.0 Å². The number of primary amides is 1. The van der Waals surface area contributed by atoms with Crippen LogP contribution in [-0.4, -0.2) is 59.7 Å². The van der Waals surface area contributed by atoms with Gasteiger partial charge in [-0.05, 0) is 158 Å². The molecule has 8 N–H and O–H groups in total. The van der Waals surface area contributed by atoms with E-state index in [2.05, 4.69) is 40.4 Å². The molecule has 0 unspecified atom stereocenters. The topological polar surface area (TPSA) is 235 Å². The van der Waals surface area contributed by atoms with Crippen molar-refractivity contribution in [2.24, 2.45) is 34.3 Å².